The SMILES string of the molecule is CC(C)(C)c1ccc(/C=C/C(=O)NNC(=O)c2ccc[nH]2)cc1. The first-order valence-corrected chi connectivity index (χ1v) is 7.38. The molecular formula is C18H21N3O2. The van der Waals surface area contributed by atoms with Gasteiger partial charge < -0.3 is 4.98 Å². The fourth-order valence-electron chi connectivity index (χ4n) is 1.97. The maximum Gasteiger partial charge on any atom is 0.286 e. The van der Waals surface area contributed by atoms with Gasteiger partial charge in [-0.15, -0.1) is 0 Å². The van der Waals surface area contributed by atoms with E-state index in [1.54, 1.807) is 24.4 Å². The quantitative estimate of drug-likeness (QED) is 0.602. The largest absolute Gasteiger partial charge is 0.357 e. The lowest BCUT2D eigenvalue weighted by atomic mass is 9.87. The van der Waals surface area contributed by atoms with Crippen molar-refractivity contribution < 1.29 is 9.59 Å². The summed E-state index contributed by atoms with van der Waals surface area (Å²) in [5, 5.41) is 0. The van der Waals surface area contributed by atoms with E-state index in [0.717, 1.165) is 5.56 Å². The molecule has 1 aromatic carbocycles. The second kappa shape index (κ2) is 6.96. The fourth-order valence-corrected chi connectivity index (χ4v) is 1.97. The van der Waals surface area contributed by atoms with Gasteiger partial charge in [0, 0.05) is 12.3 Å². The minimum absolute atomic E-state index is 0.0989. The summed E-state index contributed by atoms with van der Waals surface area (Å²) in [6.07, 6.45) is 4.71. The van der Waals surface area contributed by atoms with Gasteiger partial charge in [-0.3, -0.25) is 20.4 Å². The van der Waals surface area contributed by atoms with Crippen LogP contribution < -0.4 is 10.9 Å². The molecule has 2 amide bonds. The topological polar surface area (TPSA) is 74.0 Å². The Morgan fingerprint density at radius 1 is 1.04 bits per heavy atom. The van der Waals surface area contributed by atoms with Crippen molar-refractivity contribution in [3.8, 4) is 0 Å². The Kier molecular flexibility index (Phi) is 5.01. The second-order valence-corrected chi connectivity index (χ2v) is 6.23. The van der Waals surface area contributed by atoms with Crippen LogP contribution in [0.25, 0.3) is 6.08 Å². The van der Waals surface area contributed by atoms with Gasteiger partial charge in [0.25, 0.3) is 11.8 Å². The molecule has 0 bridgehead atoms. The maximum atomic E-state index is 11.7. The lowest BCUT2D eigenvalue weighted by Gasteiger charge is -2.18. The Morgan fingerprint density at radius 2 is 1.74 bits per heavy atom. The van der Waals surface area contributed by atoms with Gasteiger partial charge in [-0.2, -0.15) is 0 Å². The van der Waals surface area contributed by atoms with Crippen LogP contribution in [0.5, 0.6) is 0 Å². The predicted octanol–water partition coefficient (Wildman–Crippen LogP) is 2.79. The van der Waals surface area contributed by atoms with E-state index in [1.807, 2.05) is 24.3 Å². The summed E-state index contributed by atoms with van der Waals surface area (Å²) in [6.45, 7) is 6.45. The molecule has 1 heterocycles. The number of benzene rings is 1. The molecule has 3 N–H and O–H groups in total. The van der Waals surface area contributed by atoms with Crippen molar-refractivity contribution in [1.82, 2.24) is 15.8 Å². The highest BCUT2D eigenvalue weighted by Crippen LogP contribution is 2.22. The highest BCUT2D eigenvalue weighted by Gasteiger charge is 2.12. The number of nitrogens with one attached hydrogen (secondary N) is 3. The Labute approximate surface area is 135 Å². The van der Waals surface area contributed by atoms with Gasteiger partial charge >= 0.3 is 0 Å². The Bertz CT molecular complexity index is 693. The molecule has 5 heteroatoms. The van der Waals surface area contributed by atoms with E-state index in [-0.39, 0.29) is 5.41 Å². The Hall–Kier alpha value is -2.82. The lowest BCUT2D eigenvalue weighted by Crippen LogP contribution is -2.40. The van der Waals surface area contributed by atoms with Gasteiger partial charge in [-0.25, -0.2) is 0 Å². The van der Waals surface area contributed by atoms with Gasteiger partial charge in [0.1, 0.15) is 5.69 Å². The van der Waals surface area contributed by atoms with Gasteiger partial charge in [0.2, 0.25) is 0 Å². The molecule has 1 aromatic heterocycles. The summed E-state index contributed by atoms with van der Waals surface area (Å²) < 4.78 is 0. The van der Waals surface area contributed by atoms with Crippen LogP contribution in [0, 0.1) is 0 Å². The number of amides is 2. The molecule has 0 atom stereocenters. The highest BCUT2D eigenvalue weighted by atomic mass is 16.2. The van der Waals surface area contributed by atoms with E-state index >= 15 is 0 Å². The number of hydrogen-bond donors (Lipinski definition) is 3. The molecular weight excluding hydrogens is 290 g/mol. The minimum atomic E-state index is -0.398. The molecule has 0 unspecified atom stereocenters. The van der Waals surface area contributed by atoms with Crippen molar-refractivity contribution in [3.05, 3.63) is 65.5 Å². The van der Waals surface area contributed by atoms with Crippen LogP contribution >= 0.6 is 0 Å². The van der Waals surface area contributed by atoms with Crippen molar-refractivity contribution in [1.29, 1.82) is 0 Å². The van der Waals surface area contributed by atoms with E-state index in [4.69, 9.17) is 0 Å². The maximum absolute atomic E-state index is 11.7. The van der Waals surface area contributed by atoms with Crippen LogP contribution in [0.3, 0.4) is 0 Å². The average molecular weight is 311 g/mol. The number of hydrogen-bond acceptors (Lipinski definition) is 2. The van der Waals surface area contributed by atoms with Crippen molar-refractivity contribution in [3.63, 3.8) is 0 Å². The summed E-state index contributed by atoms with van der Waals surface area (Å²) in [5.74, 6) is -0.795. The number of H-pyrrole nitrogens is 1. The summed E-state index contributed by atoms with van der Waals surface area (Å²) in [6, 6.07) is 11.3. The number of aromatic amines is 1. The van der Waals surface area contributed by atoms with E-state index in [2.05, 4.69) is 36.6 Å². The molecule has 0 aliphatic heterocycles. The lowest BCUT2D eigenvalue weighted by molar-refractivity contribution is -0.117. The number of rotatable bonds is 3. The van der Waals surface area contributed by atoms with Crippen molar-refractivity contribution in [2.24, 2.45) is 0 Å². The zero-order valence-electron chi connectivity index (χ0n) is 13.5. The van der Waals surface area contributed by atoms with Crippen LogP contribution in [0.4, 0.5) is 0 Å². The van der Waals surface area contributed by atoms with E-state index in [9.17, 15) is 9.59 Å². The summed E-state index contributed by atoms with van der Waals surface area (Å²) in [7, 11) is 0. The second-order valence-electron chi connectivity index (χ2n) is 6.23. The van der Waals surface area contributed by atoms with Gasteiger partial charge in [-0.1, -0.05) is 45.0 Å². The first kappa shape index (κ1) is 16.5. The molecule has 0 radical (unpaired) electrons. The smallest absolute Gasteiger partial charge is 0.286 e. The molecule has 0 saturated carbocycles. The summed E-state index contributed by atoms with van der Waals surface area (Å²) in [4.78, 5) is 26.1. The zero-order valence-corrected chi connectivity index (χ0v) is 13.5. The van der Waals surface area contributed by atoms with Crippen molar-refractivity contribution in [2.75, 3.05) is 0 Å². The zero-order chi connectivity index (χ0) is 16.9. The number of carbonyl (C=O) groups excluding carboxylic acids is 2. The number of hydrazine groups is 1. The molecule has 5 nitrogen and oxygen atoms in total. The monoisotopic (exact) mass is 311 g/mol. The number of carbonyl (C=O) groups is 2. The first-order valence-electron chi connectivity index (χ1n) is 7.38. The molecule has 23 heavy (non-hydrogen) atoms. The Balaban J connectivity index is 1.87. The molecule has 2 aromatic rings. The summed E-state index contributed by atoms with van der Waals surface area (Å²) in [5.41, 5.74) is 7.29. The first-order chi connectivity index (χ1) is 10.9. The molecule has 0 spiro atoms. The van der Waals surface area contributed by atoms with Crippen LogP contribution in [0.15, 0.2) is 48.7 Å². The molecule has 0 aliphatic rings. The summed E-state index contributed by atoms with van der Waals surface area (Å²) >= 11 is 0. The van der Waals surface area contributed by atoms with Crippen molar-refractivity contribution in [2.45, 2.75) is 26.2 Å². The number of aromatic nitrogens is 1. The third-order valence-corrected chi connectivity index (χ3v) is 3.35. The van der Waals surface area contributed by atoms with Crippen LogP contribution in [-0.4, -0.2) is 16.8 Å². The third-order valence-electron chi connectivity index (χ3n) is 3.35. The van der Waals surface area contributed by atoms with E-state index in [1.165, 1.54) is 11.6 Å². The fraction of sp³-hybridized carbons (Fsp3) is 0.222. The molecule has 0 saturated heterocycles. The van der Waals surface area contributed by atoms with Gasteiger partial charge in [-0.05, 0) is 34.8 Å². The van der Waals surface area contributed by atoms with E-state index in [0.29, 0.717) is 5.69 Å². The molecule has 2 rings (SSSR count). The van der Waals surface area contributed by atoms with Crippen molar-refractivity contribution >= 4 is 17.9 Å². The minimum Gasteiger partial charge on any atom is -0.357 e. The van der Waals surface area contributed by atoms with Gasteiger partial charge in [0.05, 0.1) is 0 Å². The third kappa shape index (κ3) is 4.85. The van der Waals surface area contributed by atoms with Gasteiger partial charge in [0.15, 0.2) is 0 Å². The van der Waals surface area contributed by atoms with E-state index < -0.39 is 11.8 Å². The van der Waals surface area contributed by atoms with Crippen LogP contribution in [0.1, 0.15) is 42.4 Å². The van der Waals surface area contributed by atoms with Crippen LogP contribution in [0.2, 0.25) is 0 Å². The molecule has 0 aliphatic carbocycles. The normalized spacial score (nSPS) is 11.4. The molecule has 0 fully saturated rings. The average Bonchev–Trinajstić information content (AvgIpc) is 3.04. The Morgan fingerprint density at radius 3 is 2.30 bits per heavy atom. The predicted molar refractivity (Wildman–Crippen MR) is 90.6 cm³/mol. The highest BCUT2D eigenvalue weighted by molar-refractivity contribution is 5.96. The standard InChI is InChI=1S/C18H21N3O2/c1-18(2,3)14-9-6-13(7-10-14)8-11-16(22)20-21-17(23)15-5-4-12-19-15/h4-12,19H,1-3H3,(H,20,22)(H,21,23)/b11-8+. The molecule has 120 valence electrons. The van der Waals surface area contributed by atoms with Crippen LogP contribution in [-0.2, 0) is 10.2 Å².